The number of likely N-dealkylation sites (tertiary alicyclic amines) is 1. The van der Waals surface area contributed by atoms with Gasteiger partial charge in [0.2, 0.25) is 0 Å². The standard InChI is InChI=1S/C13H17BrN2O/c1-9-4-5-15(7-9)13(17)12-6-10(14)8-16(12)11-2-3-11/h6,8-9,11H,2-5,7H2,1H3. The van der Waals surface area contributed by atoms with E-state index in [0.29, 0.717) is 12.0 Å². The molecule has 3 rings (SSSR count). The highest BCUT2D eigenvalue weighted by molar-refractivity contribution is 9.10. The molecule has 0 radical (unpaired) electrons. The van der Waals surface area contributed by atoms with Gasteiger partial charge < -0.3 is 9.47 Å². The maximum Gasteiger partial charge on any atom is 0.270 e. The summed E-state index contributed by atoms with van der Waals surface area (Å²) in [5.74, 6) is 0.846. The van der Waals surface area contributed by atoms with Crippen molar-refractivity contribution in [2.24, 2.45) is 5.92 Å². The van der Waals surface area contributed by atoms with Gasteiger partial charge in [-0.05, 0) is 47.2 Å². The normalized spacial score (nSPS) is 24.4. The number of halogens is 1. The zero-order valence-corrected chi connectivity index (χ0v) is 11.6. The minimum atomic E-state index is 0.201. The zero-order valence-electron chi connectivity index (χ0n) is 10.0. The van der Waals surface area contributed by atoms with Crippen LogP contribution in [0.5, 0.6) is 0 Å². The van der Waals surface area contributed by atoms with E-state index in [1.54, 1.807) is 0 Å². The van der Waals surface area contributed by atoms with Crippen LogP contribution in [0.1, 0.15) is 42.7 Å². The number of nitrogens with zero attached hydrogens (tertiary/aromatic N) is 2. The van der Waals surface area contributed by atoms with Crippen molar-refractivity contribution in [2.45, 2.75) is 32.2 Å². The van der Waals surface area contributed by atoms with Crippen molar-refractivity contribution in [1.82, 2.24) is 9.47 Å². The van der Waals surface area contributed by atoms with Gasteiger partial charge in [-0.15, -0.1) is 0 Å². The first-order valence-corrected chi connectivity index (χ1v) is 7.11. The maximum absolute atomic E-state index is 12.4. The second-order valence-corrected chi connectivity index (χ2v) is 6.24. The lowest BCUT2D eigenvalue weighted by atomic mass is 10.2. The third-order valence-corrected chi connectivity index (χ3v) is 4.12. The van der Waals surface area contributed by atoms with Gasteiger partial charge in [-0.3, -0.25) is 4.79 Å². The van der Waals surface area contributed by atoms with Crippen LogP contribution in [0, 0.1) is 5.92 Å². The molecule has 1 unspecified atom stereocenters. The van der Waals surface area contributed by atoms with E-state index in [0.717, 1.165) is 29.7 Å². The molecule has 1 aromatic rings. The molecule has 92 valence electrons. The summed E-state index contributed by atoms with van der Waals surface area (Å²) in [5, 5.41) is 0. The monoisotopic (exact) mass is 296 g/mol. The van der Waals surface area contributed by atoms with Crippen LogP contribution in [-0.4, -0.2) is 28.5 Å². The van der Waals surface area contributed by atoms with Gasteiger partial charge in [0.1, 0.15) is 5.69 Å². The highest BCUT2D eigenvalue weighted by Gasteiger charge is 2.31. The molecule has 3 nitrogen and oxygen atoms in total. The molecule has 0 aromatic carbocycles. The molecule has 1 aliphatic carbocycles. The Morgan fingerprint density at radius 2 is 2.18 bits per heavy atom. The summed E-state index contributed by atoms with van der Waals surface area (Å²) in [6.45, 7) is 4.03. The van der Waals surface area contributed by atoms with Gasteiger partial charge in [0.25, 0.3) is 5.91 Å². The number of carbonyl (C=O) groups excluding carboxylic acids is 1. The van der Waals surface area contributed by atoms with Crippen LogP contribution in [-0.2, 0) is 0 Å². The number of amides is 1. The fraction of sp³-hybridized carbons (Fsp3) is 0.615. The van der Waals surface area contributed by atoms with Crippen LogP contribution in [0.4, 0.5) is 0 Å². The summed E-state index contributed by atoms with van der Waals surface area (Å²) >= 11 is 3.48. The summed E-state index contributed by atoms with van der Waals surface area (Å²) < 4.78 is 3.16. The van der Waals surface area contributed by atoms with E-state index in [1.165, 1.54) is 12.8 Å². The molecule has 2 aliphatic rings. The molecule has 2 heterocycles. The lowest BCUT2D eigenvalue weighted by Crippen LogP contribution is -2.30. The van der Waals surface area contributed by atoms with Crippen LogP contribution in [0.2, 0.25) is 0 Å². The highest BCUT2D eigenvalue weighted by Crippen LogP contribution is 2.38. The summed E-state index contributed by atoms with van der Waals surface area (Å²) in [4.78, 5) is 14.4. The molecule has 1 atom stereocenters. The first-order valence-electron chi connectivity index (χ1n) is 6.32. The first-order chi connectivity index (χ1) is 8.15. The number of aromatic nitrogens is 1. The Balaban J connectivity index is 1.85. The molecule has 0 bridgehead atoms. The van der Waals surface area contributed by atoms with Gasteiger partial charge >= 0.3 is 0 Å². The van der Waals surface area contributed by atoms with Crippen molar-refractivity contribution in [1.29, 1.82) is 0 Å². The van der Waals surface area contributed by atoms with Crippen molar-refractivity contribution in [2.75, 3.05) is 13.1 Å². The molecular formula is C13H17BrN2O. The van der Waals surface area contributed by atoms with E-state index < -0.39 is 0 Å². The molecule has 0 N–H and O–H groups in total. The molecule has 4 heteroatoms. The lowest BCUT2D eigenvalue weighted by molar-refractivity contribution is 0.0777. The van der Waals surface area contributed by atoms with Gasteiger partial charge in [0, 0.05) is 29.8 Å². The summed E-state index contributed by atoms with van der Waals surface area (Å²) in [5.41, 5.74) is 0.855. The summed E-state index contributed by atoms with van der Waals surface area (Å²) in [6.07, 6.45) is 5.59. The SMILES string of the molecule is CC1CCN(C(=O)c2cc(Br)cn2C2CC2)C1. The minimum absolute atomic E-state index is 0.201. The number of hydrogen-bond donors (Lipinski definition) is 0. The van der Waals surface area contributed by atoms with Crippen molar-refractivity contribution in [3.63, 3.8) is 0 Å². The van der Waals surface area contributed by atoms with Gasteiger partial charge in [-0.1, -0.05) is 6.92 Å². The first kappa shape index (κ1) is 11.3. The molecule has 1 saturated heterocycles. The smallest absolute Gasteiger partial charge is 0.270 e. The lowest BCUT2D eigenvalue weighted by Gasteiger charge is -2.17. The molecule has 2 fully saturated rings. The average molecular weight is 297 g/mol. The van der Waals surface area contributed by atoms with E-state index >= 15 is 0 Å². The predicted octanol–water partition coefficient (Wildman–Crippen LogP) is 3.07. The van der Waals surface area contributed by atoms with Gasteiger partial charge in [0.15, 0.2) is 0 Å². The van der Waals surface area contributed by atoms with Gasteiger partial charge in [-0.25, -0.2) is 0 Å². The number of hydrogen-bond acceptors (Lipinski definition) is 1. The number of carbonyl (C=O) groups is 1. The van der Waals surface area contributed by atoms with Crippen LogP contribution < -0.4 is 0 Å². The van der Waals surface area contributed by atoms with E-state index in [9.17, 15) is 4.79 Å². The Morgan fingerprint density at radius 1 is 1.41 bits per heavy atom. The third kappa shape index (κ3) is 2.15. The Bertz CT molecular complexity index is 450. The Morgan fingerprint density at radius 3 is 2.76 bits per heavy atom. The van der Waals surface area contributed by atoms with Gasteiger partial charge in [-0.2, -0.15) is 0 Å². The predicted molar refractivity (Wildman–Crippen MR) is 70.1 cm³/mol. The highest BCUT2D eigenvalue weighted by atomic mass is 79.9. The number of rotatable bonds is 2. The van der Waals surface area contributed by atoms with Crippen LogP contribution >= 0.6 is 15.9 Å². The van der Waals surface area contributed by atoms with Crippen molar-refractivity contribution in [3.05, 3.63) is 22.4 Å². The Labute approximate surface area is 110 Å². The van der Waals surface area contributed by atoms with E-state index in [1.807, 2.05) is 17.2 Å². The molecule has 17 heavy (non-hydrogen) atoms. The molecule has 1 aliphatic heterocycles. The molecular weight excluding hydrogens is 280 g/mol. The fourth-order valence-corrected chi connectivity index (χ4v) is 2.99. The molecule has 1 amide bonds. The van der Waals surface area contributed by atoms with Crippen LogP contribution in [0.25, 0.3) is 0 Å². The summed E-state index contributed by atoms with van der Waals surface area (Å²) in [7, 11) is 0. The quantitative estimate of drug-likeness (QED) is 0.823. The second kappa shape index (κ2) is 4.16. The molecule has 1 saturated carbocycles. The van der Waals surface area contributed by atoms with E-state index in [-0.39, 0.29) is 5.91 Å². The Kier molecular flexibility index (Phi) is 2.77. The molecule has 0 spiro atoms. The van der Waals surface area contributed by atoms with Crippen molar-refractivity contribution < 1.29 is 4.79 Å². The maximum atomic E-state index is 12.4. The largest absolute Gasteiger partial charge is 0.339 e. The van der Waals surface area contributed by atoms with E-state index in [2.05, 4.69) is 27.4 Å². The van der Waals surface area contributed by atoms with Gasteiger partial charge in [0.05, 0.1) is 0 Å². The van der Waals surface area contributed by atoms with Crippen molar-refractivity contribution >= 4 is 21.8 Å². The second-order valence-electron chi connectivity index (χ2n) is 5.33. The van der Waals surface area contributed by atoms with Crippen LogP contribution in [0.15, 0.2) is 16.7 Å². The van der Waals surface area contributed by atoms with Crippen molar-refractivity contribution in [3.8, 4) is 0 Å². The minimum Gasteiger partial charge on any atom is -0.339 e. The fourth-order valence-electron chi connectivity index (χ4n) is 2.55. The summed E-state index contributed by atoms with van der Waals surface area (Å²) in [6, 6.07) is 2.52. The molecule has 1 aromatic heterocycles. The van der Waals surface area contributed by atoms with Crippen LogP contribution in [0.3, 0.4) is 0 Å². The topological polar surface area (TPSA) is 25.2 Å². The Hall–Kier alpha value is -0.770. The van der Waals surface area contributed by atoms with E-state index in [4.69, 9.17) is 0 Å². The average Bonchev–Trinajstić information content (AvgIpc) is 2.94. The zero-order chi connectivity index (χ0) is 12.0. The third-order valence-electron chi connectivity index (χ3n) is 3.69.